The minimum atomic E-state index is 0.653. The van der Waals surface area contributed by atoms with Gasteiger partial charge in [-0.2, -0.15) is 0 Å². The molecule has 1 fully saturated rings. The Bertz CT molecular complexity index is 196. The summed E-state index contributed by atoms with van der Waals surface area (Å²) in [5.41, 5.74) is 0. The van der Waals surface area contributed by atoms with Crippen LogP contribution in [0.25, 0.3) is 0 Å². The standard InChI is InChI=1S/C14H31N3/c1-12(2)17(13(3)4)10-9-16-8-6-7-14(11-16)15-5/h12-15H,6-11H2,1-5H3. The van der Waals surface area contributed by atoms with Crippen LogP contribution in [0.1, 0.15) is 40.5 Å². The maximum Gasteiger partial charge on any atom is 0.0192 e. The highest BCUT2D eigenvalue weighted by Crippen LogP contribution is 2.11. The van der Waals surface area contributed by atoms with Crippen LogP contribution >= 0.6 is 0 Å². The Labute approximate surface area is 108 Å². The molecule has 1 N–H and O–H groups in total. The van der Waals surface area contributed by atoms with E-state index in [1.165, 1.54) is 39.0 Å². The van der Waals surface area contributed by atoms with Crippen molar-refractivity contribution in [1.82, 2.24) is 15.1 Å². The van der Waals surface area contributed by atoms with E-state index in [9.17, 15) is 0 Å². The van der Waals surface area contributed by atoms with Gasteiger partial charge in [0.15, 0.2) is 0 Å². The van der Waals surface area contributed by atoms with Gasteiger partial charge in [-0.25, -0.2) is 0 Å². The summed E-state index contributed by atoms with van der Waals surface area (Å²) in [6.45, 7) is 14.1. The van der Waals surface area contributed by atoms with Crippen molar-refractivity contribution in [1.29, 1.82) is 0 Å². The summed E-state index contributed by atoms with van der Waals surface area (Å²) >= 11 is 0. The molecule has 1 rings (SSSR count). The topological polar surface area (TPSA) is 18.5 Å². The second kappa shape index (κ2) is 7.34. The molecule has 0 spiro atoms. The Morgan fingerprint density at radius 3 is 2.41 bits per heavy atom. The molecule has 1 saturated heterocycles. The Kier molecular flexibility index (Phi) is 6.45. The predicted molar refractivity (Wildman–Crippen MR) is 75.5 cm³/mol. The fourth-order valence-electron chi connectivity index (χ4n) is 2.86. The summed E-state index contributed by atoms with van der Waals surface area (Å²) < 4.78 is 0. The zero-order chi connectivity index (χ0) is 12.8. The van der Waals surface area contributed by atoms with Crippen molar-refractivity contribution >= 4 is 0 Å². The van der Waals surface area contributed by atoms with Gasteiger partial charge in [0.2, 0.25) is 0 Å². The second-order valence-corrected chi connectivity index (χ2v) is 5.85. The van der Waals surface area contributed by atoms with E-state index >= 15 is 0 Å². The van der Waals surface area contributed by atoms with E-state index in [0.717, 1.165) is 0 Å². The molecule has 0 aromatic heterocycles. The van der Waals surface area contributed by atoms with Gasteiger partial charge < -0.3 is 10.2 Å². The molecule has 1 unspecified atom stereocenters. The first kappa shape index (κ1) is 14.9. The molecule has 3 heteroatoms. The molecule has 0 aromatic rings. The molecule has 0 aliphatic carbocycles. The number of hydrogen-bond donors (Lipinski definition) is 1. The average molecular weight is 241 g/mol. The number of hydrogen-bond acceptors (Lipinski definition) is 3. The van der Waals surface area contributed by atoms with Crippen LogP contribution in [0, 0.1) is 0 Å². The Morgan fingerprint density at radius 1 is 1.24 bits per heavy atom. The minimum Gasteiger partial charge on any atom is -0.316 e. The summed E-state index contributed by atoms with van der Waals surface area (Å²) in [5.74, 6) is 0. The fourth-order valence-corrected chi connectivity index (χ4v) is 2.86. The zero-order valence-electron chi connectivity index (χ0n) is 12.4. The van der Waals surface area contributed by atoms with Crippen molar-refractivity contribution in [2.24, 2.45) is 0 Å². The van der Waals surface area contributed by atoms with Crippen molar-refractivity contribution in [2.45, 2.75) is 58.7 Å². The molecule has 1 heterocycles. The summed E-state index contributed by atoms with van der Waals surface area (Å²) in [4.78, 5) is 5.20. The molecule has 3 nitrogen and oxygen atoms in total. The predicted octanol–water partition coefficient (Wildman–Crippen LogP) is 1.79. The number of nitrogens with one attached hydrogen (secondary N) is 1. The molecule has 0 bridgehead atoms. The first-order valence-electron chi connectivity index (χ1n) is 7.20. The van der Waals surface area contributed by atoms with E-state index in [4.69, 9.17) is 0 Å². The molecule has 1 aliphatic rings. The van der Waals surface area contributed by atoms with Crippen molar-refractivity contribution in [3.05, 3.63) is 0 Å². The molecule has 17 heavy (non-hydrogen) atoms. The molecule has 1 aliphatic heterocycles. The van der Waals surface area contributed by atoms with Crippen LogP contribution in [0.2, 0.25) is 0 Å². The highest BCUT2D eigenvalue weighted by atomic mass is 15.2. The molecule has 1 atom stereocenters. The van der Waals surface area contributed by atoms with Crippen molar-refractivity contribution in [2.75, 3.05) is 33.2 Å². The number of piperidine rings is 1. The van der Waals surface area contributed by atoms with E-state index in [-0.39, 0.29) is 0 Å². The number of likely N-dealkylation sites (tertiary alicyclic amines) is 1. The van der Waals surface area contributed by atoms with Crippen LogP contribution in [-0.2, 0) is 0 Å². The lowest BCUT2D eigenvalue weighted by Crippen LogP contribution is -2.48. The Balaban J connectivity index is 2.33. The molecular weight excluding hydrogens is 210 g/mol. The van der Waals surface area contributed by atoms with Gasteiger partial charge in [-0.05, 0) is 54.1 Å². The van der Waals surface area contributed by atoms with Crippen LogP contribution < -0.4 is 5.32 Å². The first-order valence-corrected chi connectivity index (χ1v) is 7.20. The van der Waals surface area contributed by atoms with Gasteiger partial charge in [0, 0.05) is 37.8 Å². The molecule has 0 radical (unpaired) electrons. The SMILES string of the molecule is CNC1CCCN(CCN(C(C)C)C(C)C)C1. The van der Waals surface area contributed by atoms with E-state index < -0.39 is 0 Å². The highest BCUT2D eigenvalue weighted by molar-refractivity contribution is 4.78. The second-order valence-electron chi connectivity index (χ2n) is 5.85. The van der Waals surface area contributed by atoms with Gasteiger partial charge in [0.25, 0.3) is 0 Å². The maximum absolute atomic E-state index is 3.41. The lowest BCUT2D eigenvalue weighted by Gasteiger charge is -2.36. The maximum atomic E-state index is 3.41. The summed E-state index contributed by atoms with van der Waals surface area (Å²) in [7, 11) is 2.09. The third kappa shape index (κ3) is 4.94. The van der Waals surface area contributed by atoms with Crippen LogP contribution in [-0.4, -0.2) is 61.2 Å². The van der Waals surface area contributed by atoms with Crippen LogP contribution in [0.5, 0.6) is 0 Å². The summed E-state index contributed by atoms with van der Waals surface area (Å²) in [5, 5.41) is 3.41. The van der Waals surface area contributed by atoms with Crippen molar-refractivity contribution < 1.29 is 0 Å². The molecule has 0 saturated carbocycles. The largest absolute Gasteiger partial charge is 0.316 e. The van der Waals surface area contributed by atoms with E-state index in [1.807, 2.05) is 0 Å². The zero-order valence-corrected chi connectivity index (χ0v) is 12.4. The van der Waals surface area contributed by atoms with Gasteiger partial charge in [-0.1, -0.05) is 0 Å². The molecule has 0 aromatic carbocycles. The van der Waals surface area contributed by atoms with Gasteiger partial charge >= 0.3 is 0 Å². The van der Waals surface area contributed by atoms with E-state index in [2.05, 4.69) is 49.9 Å². The number of likely N-dealkylation sites (N-methyl/N-ethyl adjacent to an activating group) is 1. The third-order valence-electron chi connectivity index (χ3n) is 3.91. The van der Waals surface area contributed by atoms with Crippen molar-refractivity contribution in [3.63, 3.8) is 0 Å². The number of rotatable bonds is 6. The molecule has 102 valence electrons. The van der Waals surface area contributed by atoms with Gasteiger partial charge in [0.05, 0.1) is 0 Å². The van der Waals surface area contributed by atoms with Gasteiger partial charge in [-0.3, -0.25) is 4.90 Å². The summed E-state index contributed by atoms with van der Waals surface area (Å²) in [6, 6.07) is 2.01. The lowest BCUT2D eigenvalue weighted by atomic mass is 10.1. The highest BCUT2D eigenvalue weighted by Gasteiger charge is 2.20. The normalized spacial score (nSPS) is 22.9. The smallest absolute Gasteiger partial charge is 0.0192 e. The Morgan fingerprint density at radius 2 is 1.88 bits per heavy atom. The Hall–Kier alpha value is -0.120. The van der Waals surface area contributed by atoms with Crippen LogP contribution in [0.3, 0.4) is 0 Å². The third-order valence-corrected chi connectivity index (χ3v) is 3.91. The molecular formula is C14H31N3. The monoisotopic (exact) mass is 241 g/mol. The van der Waals surface area contributed by atoms with Crippen molar-refractivity contribution in [3.8, 4) is 0 Å². The number of nitrogens with zero attached hydrogens (tertiary/aromatic N) is 2. The summed E-state index contributed by atoms with van der Waals surface area (Å²) in [6.07, 6.45) is 2.68. The van der Waals surface area contributed by atoms with Crippen LogP contribution in [0.4, 0.5) is 0 Å². The van der Waals surface area contributed by atoms with Gasteiger partial charge in [0.1, 0.15) is 0 Å². The van der Waals surface area contributed by atoms with E-state index in [0.29, 0.717) is 18.1 Å². The lowest BCUT2D eigenvalue weighted by molar-refractivity contribution is 0.125. The van der Waals surface area contributed by atoms with Crippen LogP contribution in [0.15, 0.2) is 0 Å². The van der Waals surface area contributed by atoms with Gasteiger partial charge in [-0.15, -0.1) is 0 Å². The average Bonchev–Trinajstić information content (AvgIpc) is 2.28. The minimum absolute atomic E-state index is 0.653. The first-order chi connectivity index (χ1) is 8.04. The van der Waals surface area contributed by atoms with E-state index in [1.54, 1.807) is 0 Å². The molecule has 0 amide bonds. The fraction of sp³-hybridized carbons (Fsp3) is 1.00. The quantitative estimate of drug-likeness (QED) is 0.765.